The molecule has 1 amide bonds. The average Bonchev–Trinajstić information content (AvgIpc) is 3.37. The van der Waals surface area contributed by atoms with Crippen molar-refractivity contribution in [3.63, 3.8) is 0 Å². The molecule has 150 valence electrons. The first-order valence-electron chi connectivity index (χ1n) is 8.64. The molecule has 3 aromatic rings. The third kappa shape index (κ3) is 4.88. The van der Waals surface area contributed by atoms with Gasteiger partial charge in [0, 0.05) is 17.1 Å². The highest BCUT2D eigenvalue weighted by molar-refractivity contribution is 7.15. The fourth-order valence-corrected chi connectivity index (χ4v) is 3.50. The number of nitrogens with one attached hydrogen (secondary N) is 2. The van der Waals surface area contributed by atoms with Crippen LogP contribution in [-0.2, 0) is 14.3 Å². The Labute approximate surface area is 169 Å². The van der Waals surface area contributed by atoms with Crippen molar-refractivity contribution in [2.75, 3.05) is 18.5 Å². The van der Waals surface area contributed by atoms with Crippen molar-refractivity contribution < 1.29 is 28.2 Å². The average molecular weight is 416 g/mol. The Morgan fingerprint density at radius 3 is 2.52 bits per heavy atom. The van der Waals surface area contributed by atoms with E-state index in [2.05, 4.69) is 10.3 Å². The maximum Gasteiger partial charge on any atom is 0.355 e. The molecule has 0 fully saturated rings. The number of anilines is 1. The van der Waals surface area contributed by atoms with Crippen LogP contribution in [0.3, 0.4) is 0 Å². The molecule has 0 spiro atoms. The predicted octanol–water partition coefficient (Wildman–Crippen LogP) is 3.85. The molecule has 0 aliphatic carbocycles. The second-order valence-electron chi connectivity index (χ2n) is 5.79. The van der Waals surface area contributed by atoms with Crippen molar-refractivity contribution in [2.45, 2.75) is 6.92 Å². The van der Waals surface area contributed by atoms with Crippen LogP contribution >= 0.6 is 11.3 Å². The van der Waals surface area contributed by atoms with Gasteiger partial charge in [-0.15, -0.1) is 11.3 Å². The lowest BCUT2D eigenvalue weighted by Gasteiger charge is -2.09. The molecule has 0 saturated carbocycles. The minimum Gasteiger partial charge on any atom is -0.462 e. The lowest BCUT2D eigenvalue weighted by Crippen LogP contribution is -2.21. The molecule has 0 bridgehead atoms. The van der Waals surface area contributed by atoms with Crippen molar-refractivity contribution in [1.82, 2.24) is 4.98 Å². The highest BCUT2D eigenvalue weighted by Crippen LogP contribution is 2.36. The lowest BCUT2D eigenvalue weighted by molar-refractivity contribution is -0.119. The number of rotatable bonds is 7. The predicted molar refractivity (Wildman–Crippen MR) is 105 cm³/mol. The van der Waals surface area contributed by atoms with E-state index in [-0.39, 0.29) is 22.9 Å². The number of hydrogen-bond acceptors (Lipinski definition) is 6. The SMILES string of the molecule is CCOC(=O)c1c(-c2ccc(F)cc2)csc1NC(=O)COC(=O)c1ccc[nH]1. The van der Waals surface area contributed by atoms with Crippen LogP contribution < -0.4 is 5.32 Å². The van der Waals surface area contributed by atoms with Crippen LogP contribution in [0.4, 0.5) is 9.39 Å². The molecular formula is C20H17FN2O5S. The van der Waals surface area contributed by atoms with Crippen LogP contribution in [-0.4, -0.2) is 36.0 Å². The van der Waals surface area contributed by atoms with Crippen LogP contribution in [0.5, 0.6) is 0 Å². The summed E-state index contributed by atoms with van der Waals surface area (Å²) >= 11 is 1.12. The van der Waals surface area contributed by atoms with Crippen molar-refractivity contribution in [1.29, 1.82) is 0 Å². The van der Waals surface area contributed by atoms with E-state index < -0.39 is 30.3 Å². The van der Waals surface area contributed by atoms with E-state index in [9.17, 15) is 18.8 Å². The minimum atomic E-state index is -0.672. The lowest BCUT2D eigenvalue weighted by atomic mass is 10.0. The van der Waals surface area contributed by atoms with Crippen LogP contribution in [0.15, 0.2) is 48.0 Å². The van der Waals surface area contributed by atoms with Gasteiger partial charge in [0.2, 0.25) is 0 Å². The van der Waals surface area contributed by atoms with Gasteiger partial charge in [-0.05, 0) is 36.8 Å². The van der Waals surface area contributed by atoms with Gasteiger partial charge < -0.3 is 19.8 Å². The number of H-pyrrole nitrogens is 1. The first-order chi connectivity index (χ1) is 14.0. The van der Waals surface area contributed by atoms with Crippen LogP contribution in [0.25, 0.3) is 11.1 Å². The van der Waals surface area contributed by atoms with Gasteiger partial charge in [0.05, 0.1) is 6.61 Å². The molecule has 0 atom stereocenters. The summed E-state index contributed by atoms with van der Waals surface area (Å²) in [4.78, 5) is 39.2. The summed E-state index contributed by atoms with van der Waals surface area (Å²) in [7, 11) is 0. The molecule has 0 aliphatic heterocycles. The number of hydrogen-bond donors (Lipinski definition) is 2. The number of carbonyl (C=O) groups is 3. The third-order valence-corrected chi connectivity index (χ3v) is 4.73. The van der Waals surface area contributed by atoms with Gasteiger partial charge in [-0.1, -0.05) is 12.1 Å². The Bertz CT molecular complexity index is 1010. The van der Waals surface area contributed by atoms with Gasteiger partial charge >= 0.3 is 11.9 Å². The molecule has 0 radical (unpaired) electrons. The van der Waals surface area contributed by atoms with E-state index in [1.54, 1.807) is 24.6 Å². The van der Waals surface area contributed by atoms with Gasteiger partial charge in [-0.3, -0.25) is 4.79 Å². The Morgan fingerprint density at radius 1 is 1.10 bits per heavy atom. The van der Waals surface area contributed by atoms with E-state index in [1.807, 2.05) is 0 Å². The monoisotopic (exact) mass is 416 g/mol. The Balaban J connectivity index is 1.77. The summed E-state index contributed by atoms with van der Waals surface area (Å²) in [5, 5.41) is 4.49. The Morgan fingerprint density at radius 2 is 1.86 bits per heavy atom. The van der Waals surface area contributed by atoms with Crippen molar-refractivity contribution in [3.05, 3.63) is 65.0 Å². The zero-order valence-corrected chi connectivity index (χ0v) is 16.2. The van der Waals surface area contributed by atoms with E-state index >= 15 is 0 Å². The van der Waals surface area contributed by atoms with Crippen molar-refractivity contribution >= 4 is 34.2 Å². The topological polar surface area (TPSA) is 97.5 Å². The van der Waals surface area contributed by atoms with Crippen LogP contribution in [0.2, 0.25) is 0 Å². The highest BCUT2D eigenvalue weighted by atomic mass is 32.1. The molecule has 3 rings (SSSR count). The van der Waals surface area contributed by atoms with Crippen molar-refractivity contribution in [3.8, 4) is 11.1 Å². The smallest absolute Gasteiger partial charge is 0.355 e. The van der Waals surface area contributed by atoms with E-state index in [0.29, 0.717) is 11.1 Å². The summed E-state index contributed by atoms with van der Waals surface area (Å²) in [6.45, 7) is 1.29. The summed E-state index contributed by atoms with van der Waals surface area (Å²) < 4.78 is 23.3. The summed E-state index contributed by atoms with van der Waals surface area (Å²) in [5.74, 6) is -2.30. The molecule has 1 aromatic carbocycles. The van der Waals surface area contributed by atoms with Gasteiger partial charge in [0.1, 0.15) is 22.1 Å². The maximum absolute atomic E-state index is 13.2. The number of benzene rings is 1. The second-order valence-corrected chi connectivity index (χ2v) is 6.67. The molecule has 2 heterocycles. The first kappa shape index (κ1) is 20.3. The quantitative estimate of drug-likeness (QED) is 0.570. The summed E-state index contributed by atoms with van der Waals surface area (Å²) in [6.07, 6.45) is 1.56. The number of aromatic amines is 1. The molecule has 29 heavy (non-hydrogen) atoms. The standard InChI is InChI=1S/C20H17FN2O5S/c1-2-27-20(26)17-14(12-5-7-13(21)8-6-12)11-29-18(17)23-16(24)10-28-19(25)15-4-3-9-22-15/h3-9,11,22H,2,10H2,1H3,(H,23,24). The van der Waals surface area contributed by atoms with E-state index in [4.69, 9.17) is 9.47 Å². The summed E-state index contributed by atoms with van der Waals surface area (Å²) in [6, 6.07) is 8.77. The maximum atomic E-state index is 13.2. The van der Waals surface area contributed by atoms with Gasteiger partial charge in [0.25, 0.3) is 5.91 Å². The third-order valence-electron chi connectivity index (χ3n) is 3.83. The number of thiophene rings is 1. The molecule has 2 N–H and O–H groups in total. The van der Waals surface area contributed by atoms with Gasteiger partial charge in [-0.2, -0.15) is 0 Å². The normalized spacial score (nSPS) is 10.4. The zero-order chi connectivity index (χ0) is 20.8. The number of aromatic nitrogens is 1. The number of amides is 1. The molecule has 0 unspecified atom stereocenters. The summed E-state index contributed by atoms with van der Waals surface area (Å²) in [5.41, 5.74) is 1.49. The minimum absolute atomic E-state index is 0.151. The largest absolute Gasteiger partial charge is 0.462 e. The van der Waals surface area contributed by atoms with Crippen molar-refractivity contribution in [2.24, 2.45) is 0 Å². The van der Waals surface area contributed by atoms with Crippen LogP contribution in [0, 0.1) is 5.82 Å². The molecular weight excluding hydrogens is 399 g/mol. The first-order valence-corrected chi connectivity index (χ1v) is 9.52. The fourth-order valence-electron chi connectivity index (χ4n) is 2.53. The van der Waals surface area contributed by atoms with E-state index in [0.717, 1.165) is 11.3 Å². The fraction of sp³-hybridized carbons (Fsp3) is 0.150. The molecule has 0 saturated heterocycles. The van der Waals surface area contributed by atoms with E-state index in [1.165, 1.54) is 30.3 Å². The second kappa shape index (κ2) is 9.16. The van der Waals surface area contributed by atoms with Gasteiger partial charge in [0.15, 0.2) is 6.61 Å². The number of ether oxygens (including phenoxy) is 2. The Hall–Kier alpha value is -3.46. The number of esters is 2. The molecule has 7 nitrogen and oxygen atoms in total. The Kier molecular flexibility index (Phi) is 6.40. The molecule has 0 aliphatic rings. The molecule has 2 aromatic heterocycles. The van der Waals surface area contributed by atoms with Gasteiger partial charge in [-0.25, -0.2) is 14.0 Å². The molecule has 9 heteroatoms. The zero-order valence-electron chi connectivity index (χ0n) is 15.4. The number of halogens is 1. The number of carbonyl (C=O) groups excluding carboxylic acids is 3. The van der Waals surface area contributed by atoms with Crippen LogP contribution in [0.1, 0.15) is 27.8 Å². The highest BCUT2D eigenvalue weighted by Gasteiger charge is 2.23.